The van der Waals surface area contributed by atoms with Crippen molar-refractivity contribution >= 4 is 0 Å². The van der Waals surface area contributed by atoms with Gasteiger partial charge in [-0.05, 0) is 24.5 Å². The summed E-state index contributed by atoms with van der Waals surface area (Å²) >= 11 is 0. The van der Waals surface area contributed by atoms with Gasteiger partial charge in [0.05, 0.1) is 25.3 Å². The standard InChI is InChI=1S/C16H20N4O/c1-11(16-19-18-15-7-4-8-20(15)16)17-14-10-21-9-12-5-2-3-6-13(12)14/h2-3,5-6,11,14,17H,4,7-10H2,1H3. The van der Waals surface area contributed by atoms with Crippen LogP contribution in [0, 0.1) is 0 Å². The van der Waals surface area contributed by atoms with Crippen molar-refractivity contribution in [3.05, 3.63) is 47.0 Å². The molecule has 0 saturated carbocycles. The zero-order valence-corrected chi connectivity index (χ0v) is 12.2. The Morgan fingerprint density at radius 3 is 3.19 bits per heavy atom. The average Bonchev–Trinajstić information content (AvgIpc) is 3.10. The van der Waals surface area contributed by atoms with Crippen LogP contribution in [0.5, 0.6) is 0 Å². The summed E-state index contributed by atoms with van der Waals surface area (Å²) in [7, 11) is 0. The van der Waals surface area contributed by atoms with Crippen LogP contribution in [0.2, 0.25) is 0 Å². The molecule has 0 saturated heterocycles. The largest absolute Gasteiger partial charge is 0.375 e. The van der Waals surface area contributed by atoms with Gasteiger partial charge < -0.3 is 9.30 Å². The Morgan fingerprint density at radius 2 is 2.24 bits per heavy atom. The number of fused-ring (bicyclic) bond motifs is 2. The smallest absolute Gasteiger partial charge is 0.149 e. The molecule has 0 bridgehead atoms. The molecular formula is C16H20N4O. The second kappa shape index (κ2) is 5.24. The molecule has 21 heavy (non-hydrogen) atoms. The highest BCUT2D eigenvalue weighted by atomic mass is 16.5. The zero-order chi connectivity index (χ0) is 14.2. The van der Waals surface area contributed by atoms with Crippen molar-refractivity contribution < 1.29 is 4.74 Å². The second-order valence-electron chi connectivity index (χ2n) is 5.88. The molecule has 2 aliphatic rings. The molecular weight excluding hydrogens is 264 g/mol. The third kappa shape index (κ3) is 2.26. The Labute approximate surface area is 124 Å². The lowest BCUT2D eigenvalue weighted by Gasteiger charge is -2.29. The van der Waals surface area contributed by atoms with Gasteiger partial charge in [0.1, 0.15) is 11.6 Å². The minimum atomic E-state index is 0.170. The quantitative estimate of drug-likeness (QED) is 0.938. The normalized spacial score (nSPS) is 21.9. The lowest BCUT2D eigenvalue weighted by atomic mass is 9.98. The van der Waals surface area contributed by atoms with Crippen molar-refractivity contribution in [2.75, 3.05) is 6.61 Å². The number of aryl methyl sites for hydroxylation is 1. The average molecular weight is 284 g/mol. The molecule has 2 unspecified atom stereocenters. The third-order valence-electron chi connectivity index (χ3n) is 4.45. The van der Waals surface area contributed by atoms with E-state index in [1.165, 1.54) is 17.5 Å². The van der Waals surface area contributed by atoms with Gasteiger partial charge in [-0.2, -0.15) is 0 Å². The molecule has 0 aliphatic carbocycles. The van der Waals surface area contributed by atoms with E-state index in [1.54, 1.807) is 0 Å². The number of nitrogens with zero attached hydrogens (tertiary/aromatic N) is 3. The van der Waals surface area contributed by atoms with Crippen LogP contribution in [0.4, 0.5) is 0 Å². The first kappa shape index (κ1) is 13.0. The van der Waals surface area contributed by atoms with E-state index in [-0.39, 0.29) is 12.1 Å². The van der Waals surface area contributed by atoms with E-state index < -0.39 is 0 Å². The number of benzene rings is 1. The fraction of sp³-hybridized carbons (Fsp3) is 0.500. The molecule has 1 aromatic carbocycles. The van der Waals surface area contributed by atoms with Gasteiger partial charge in [0.25, 0.3) is 0 Å². The summed E-state index contributed by atoms with van der Waals surface area (Å²) in [4.78, 5) is 0. The van der Waals surface area contributed by atoms with Crippen LogP contribution in [0.1, 0.15) is 48.2 Å². The molecule has 1 N–H and O–H groups in total. The van der Waals surface area contributed by atoms with Gasteiger partial charge in [-0.3, -0.25) is 5.32 Å². The van der Waals surface area contributed by atoms with E-state index in [1.807, 2.05) is 0 Å². The minimum Gasteiger partial charge on any atom is -0.375 e. The third-order valence-corrected chi connectivity index (χ3v) is 4.45. The Morgan fingerprint density at radius 1 is 1.33 bits per heavy atom. The highest BCUT2D eigenvalue weighted by Crippen LogP contribution is 2.27. The number of hydrogen-bond acceptors (Lipinski definition) is 4. The van der Waals surface area contributed by atoms with E-state index in [9.17, 15) is 0 Å². The molecule has 1 aromatic heterocycles. The lowest BCUT2D eigenvalue weighted by molar-refractivity contribution is 0.0786. The summed E-state index contributed by atoms with van der Waals surface area (Å²) in [5, 5.41) is 12.3. The summed E-state index contributed by atoms with van der Waals surface area (Å²) in [5.41, 5.74) is 2.62. The summed E-state index contributed by atoms with van der Waals surface area (Å²) in [6, 6.07) is 8.89. The van der Waals surface area contributed by atoms with Crippen LogP contribution in [-0.4, -0.2) is 21.4 Å². The molecule has 0 spiro atoms. The van der Waals surface area contributed by atoms with Crippen molar-refractivity contribution in [1.82, 2.24) is 20.1 Å². The summed E-state index contributed by atoms with van der Waals surface area (Å²) in [6.45, 7) is 4.62. The van der Waals surface area contributed by atoms with Crippen LogP contribution >= 0.6 is 0 Å². The Hall–Kier alpha value is -1.72. The first-order valence-corrected chi connectivity index (χ1v) is 7.66. The molecule has 2 aromatic rings. The predicted octanol–water partition coefficient (Wildman–Crippen LogP) is 2.15. The van der Waals surface area contributed by atoms with Crippen molar-refractivity contribution in [2.45, 2.75) is 45.0 Å². The van der Waals surface area contributed by atoms with E-state index in [4.69, 9.17) is 4.74 Å². The SMILES string of the molecule is CC(NC1COCc2ccccc21)c1nnc2n1CCC2. The topological polar surface area (TPSA) is 52.0 Å². The Balaban J connectivity index is 1.56. The van der Waals surface area contributed by atoms with E-state index in [2.05, 4.69) is 51.3 Å². The van der Waals surface area contributed by atoms with Gasteiger partial charge in [0.15, 0.2) is 0 Å². The lowest BCUT2D eigenvalue weighted by Crippen LogP contribution is -2.32. The van der Waals surface area contributed by atoms with E-state index in [0.29, 0.717) is 13.2 Å². The maximum atomic E-state index is 5.71. The van der Waals surface area contributed by atoms with Gasteiger partial charge in [-0.25, -0.2) is 0 Å². The summed E-state index contributed by atoms with van der Waals surface area (Å²) < 4.78 is 7.97. The molecule has 2 aliphatic heterocycles. The summed E-state index contributed by atoms with van der Waals surface area (Å²) in [6.07, 6.45) is 2.23. The molecule has 0 amide bonds. The van der Waals surface area contributed by atoms with Crippen LogP contribution in [0.25, 0.3) is 0 Å². The second-order valence-corrected chi connectivity index (χ2v) is 5.88. The fourth-order valence-electron chi connectivity index (χ4n) is 3.39. The Kier molecular flexibility index (Phi) is 3.24. The van der Waals surface area contributed by atoms with E-state index in [0.717, 1.165) is 24.6 Å². The van der Waals surface area contributed by atoms with Crippen LogP contribution < -0.4 is 5.32 Å². The van der Waals surface area contributed by atoms with Crippen LogP contribution in [0.3, 0.4) is 0 Å². The first-order chi connectivity index (χ1) is 10.3. The maximum Gasteiger partial charge on any atom is 0.149 e. The van der Waals surface area contributed by atoms with Crippen LogP contribution in [-0.2, 0) is 24.3 Å². The molecule has 5 nitrogen and oxygen atoms in total. The number of nitrogens with one attached hydrogen (secondary N) is 1. The molecule has 0 fully saturated rings. The van der Waals surface area contributed by atoms with Crippen molar-refractivity contribution in [2.24, 2.45) is 0 Å². The molecule has 5 heteroatoms. The van der Waals surface area contributed by atoms with Crippen molar-refractivity contribution in [1.29, 1.82) is 0 Å². The molecule has 2 atom stereocenters. The molecule has 110 valence electrons. The van der Waals surface area contributed by atoms with E-state index >= 15 is 0 Å². The number of hydrogen-bond donors (Lipinski definition) is 1. The van der Waals surface area contributed by atoms with Crippen molar-refractivity contribution in [3.63, 3.8) is 0 Å². The highest BCUT2D eigenvalue weighted by Gasteiger charge is 2.26. The number of aromatic nitrogens is 3. The molecule has 3 heterocycles. The van der Waals surface area contributed by atoms with Gasteiger partial charge in [0.2, 0.25) is 0 Å². The first-order valence-electron chi connectivity index (χ1n) is 7.66. The van der Waals surface area contributed by atoms with Gasteiger partial charge in [0, 0.05) is 13.0 Å². The minimum absolute atomic E-state index is 0.170. The monoisotopic (exact) mass is 284 g/mol. The number of ether oxygens (including phenoxy) is 1. The van der Waals surface area contributed by atoms with Gasteiger partial charge in [-0.15, -0.1) is 10.2 Å². The fourth-order valence-corrected chi connectivity index (χ4v) is 3.39. The Bertz CT molecular complexity index is 651. The zero-order valence-electron chi connectivity index (χ0n) is 12.2. The van der Waals surface area contributed by atoms with Gasteiger partial charge in [-0.1, -0.05) is 24.3 Å². The summed E-state index contributed by atoms with van der Waals surface area (Å²) in [5.74, 6) is 2.17. The van der Waals surface area contributed by atoms with Crippen molar-refractivity contribution in [3.8, 4) is 0 Å². The maximum absolute atomic E-state index is 5.71. The highest BCUT2D eigenvalue weighted by molar-refractivity contribution is 5.31. The van der Waals surface area contributed by atoms with Crippen LogP contribution in [0.15, 0.2) is 24.3 Å². The molecule has 4 rings (SSSR count). The molecule has 0 radical (unpaired) electrons. The number of rotatable bonds is 3. The van der Waals surface area contributed by atoms with Gasteiger partial charge >= 0.3 is 0 Å². The predicted molar refractivity (Wildman–Crippen MR) is 78.7 cm³/mol.